The van der Waals surface area contributed by atoms with Crippen LogP contribution in [0.2, 0.25) is 5.82 Å². The van der Waals surface area contributed by atoms with Crippen molar-refractivity contribution in [3.8, 4) is 0 Å². The third-order valence-electron chi connectivity index (χ3n) is 3.68. The van der Waals surface area contributed by atoms with E-state index in [1.54, 1.807) is 0 Å². The number of rotatable bonds is 4. The molecule has 1 aliphatic rings. The molecule has 1 rings (SSSR count). The van der Waals surface area contributed by atoms with Gasteiger partial charge in [-0.1, -0.05) is 25.5 Å². The molecule has 16 heavy (non-hydrogen) atoms. The summed E-state index contributed by atoms with van der Waals surface area (Å²) in [5.41, 5.74) is -0.434. The molecule has 1 fully saturated rings. The third-order valence-corrected chi connectivity index (χ3v) is 3.68. The van der Waals surface area contributed by atoms with E-state index in [4.69, 9.17) is 9.31 Å². The van der Waals surface area contributed by atoms with Crippen molar-refractivity contribution in [2.45, 2.75) is 71.4 Å². The summed E-state index contributed by atoms with van der Waals surface area (Å²) in [6, 6.07) is 0. The molecule has 3 heteroatoms. The summed E-state index contributed by atoms with van der Waals surface area (Å²) < 4.78 is 12.1. The summed E-state index contributed by atoms with van der Waals surface area (Å²) in [7, 11) is -0.0962. The monoisotopic (exact) mass is 224 g/mol. The summed E-state index contributed by atoms with van der Waals surface area (Å²) in [5, 5.41) is 0. The fourth-order valence-electron chi connectivity index (χ4n) is 1.97. The molecule has 0 aromatic rings. The topological polar surface area (TPSA) is 18.5 Å². The Morgan fingerprint density at radius 3 is 2.00 bits per heavy atom. The molecule has 1 aliphatic heterocycles. The molecule has 2 nitrogen and oxygen atoms in total. The van der Waals surface area contributed by atoms with E-state index in [9.17, 15) is 0 Å². The van der Waals surface area contributed by atoms with Gasteiger partial charge in [-0.3, -0.25) is 0 Å². The van der Waals surface area contributed by atoms with E-state index in [0.717, 1.165) is 12.8 Å². The van der Waals surface area contributed by atoms with E-state index in [-0.39, 0.29) is 18.3 Å². The van der Waals surface area contributed by atoms with Gasteiger partial charge in [-0.15, -0.1) is 0 Å². The Bertz CT molecular complexity index is 243. The van der Waals surface area contributed by atoms with Crippen LogP contribution in [0.15, 0.2) is 12.2 Å². The highest BCUT2D eigenvalue weighted by molar-refractivity contribution is 6.48. The second-order valence-corrected chi connectivity index (χ2v) is 5.60. The fraction of sp³-hybridized carbons (Fsp3) is 0.846. The van der Waals surface area contributed by atoms with E-state index < -0.39 is 0 Å². The van der Waals surface area contributed by atoms with E-state index in [2.05, 4.69) is 46.8 Å². The van der Waals surface area contributed by atoms with Gasteiger partial charge in [-0.25, -0.2) is 0 Å². The van der Waals surface area contributed by atoms with Crippen molar-refractivity contribution in [1.82, 2.24) is 0 Å². The van der Waals surface area contributed by atoms with Gasteiger partial charge in [0.2, 0.25) is 0 Å². The van der Waals surface area contributed by atoms with Gasteiger partial charge in [0, 0.05) is 5.82 Å². The lowest BCUT2D eigenvalue weighted by Gasteiger charge is -2.32. The summed E-state index contributed by atoms with van der Waals surface area (Å²) in [6.45, 7) is 12.7. The van der Waals surface area contributed by atoms with E-state index in [1.807, 2.05) is 6.92 Å². The van der Waals surface area contributed by atoms with Gasteiger partial charge in [0.15, 0.2) is 0 Å². The van der Waals surface area contributed by atoms with Crippen LogP contribution in [0.1, 0.15) is 54.4 Å². The lowest BCUT2D eigenvalue weighted by atomic mass is 9.69. The Labute approximate surface area is 101 Å². The highest BCUT2D eigenvalue weighted by atomic mass is 16.7. The minimum Gasteiger partial charge on any atom is -0.403 e. The van der Waals surface area contributed by atoms with Gasteiger partial charge < -0.3 is 9.31 Å². The highest BCUT2D eigenvalue weighted by Crippen LogP contribution is 2.41. The van der Waals surface area contributed by atoms with Gasteiger partial charge >= 0.3 is 7.12 Å². The molecule has 92 valence electrons. The second kappa shape index (κ2) is 4.93. The first kappa shape index (κ1) is 13.8. The largest absolute Gasteiger partial charge is 0.465 e. The lowest BCUT2D eigenvalue weighted by Crippen LogP contribution is -2.41. The Balaban J connectivity index is 2.76. The molecule has 0 saturated carbocycles. The van der Waals surface area contributed by atoms with Crippen molar-refractivity contribution >= 4 is 7.12 Å². The van der Waals surface area contributed by atoms with Crippen LogP contribution in [0.25, 0.3) is 0 Å². The molecule has 0 unspecified atom stereocenters. The Hall–Kier alpha value is -0.275. The van der Waals surface area contributed by atoms with Gasteiger partial charge in [0.1, 0.15) is 0 Å². The molecule has 1 heterocycles. The first-order valence-corrected chi connectivity index (χ1v) is 6.32. The molecular formula is C13H25BO2. The van der Waals surface area contributed by atoms with Crippen molar-refractivity contribution in [2.75, 3.05) is 0 Å². The predicted molar refractivity (Wildman–Crippen MR) is 69.6 cm³/mol. The van der Waals surface area contributed by atoms with Gasteiger partial charge in [-0.05, 0) is 41.0 Å². The number of hydrogen-bond acceptors (Lipinski definition) is 2. The zero-order chi connectivity index (χ0) is 12.4. The zero-order valence-corrected chi connectivity index (χ0v) is 11.5. The summed E-state index contributed by atoms with van der Waals surface area (Å²) in [4.78, 5) is 0. The molecule has 0 aromatic heterocycles. The van der Waals surface area contributed by atoms with Crippen molar-refractivity contribution in [1.29, 1.82) is 0 Å². The maximum Gasteiger partial charge on any atom is 0.465 e. The lowest BCUT2D eigenvalue weighted by molar-refractivity contribution is 0.00578. The predicted octanol–water partition coefficient (Wildman–Crippen LogP) is 3.83. The van der Waals surface area contributed by atoms with Crippen LogP contribution in [0.4, 0.5) is 0 Å². The van der Waals surface area contributed by atoms with Gasteiger partial charge in [0.05, 0.1) is 11.2 Å². The van der Waals surface area contributed by atoms with E-state index in [1.165, 1.54) is 0 Å². The summed E-state index contributed by atoms with van der Waals surface area (Å²) in [5.74, 6) is 0.371. The van der Waals surface area contributed by atoms with Crippen molar-refractivity contribution in [2.24, 2.45) is 0 Å². The van der Waals surface area contributed by atoms with E-state index >= 15 is 0 Å². The summed E-state index contributed by atoms with van der Waals surface area (Å²) in [6.07, 6.45) is 6.55. The Kier molecular flexibility index (Phi) is 4.25. The van der Waals surface area contributed by atoms with Crippen molar-refractivity contribution < 1.29 is 9.31 Å². The van der Waals surface area contributed by atoms with Crippen LogP contribution in [-0.4, -0.2) is 18.3 Å². The zero-order valence-electron chi connectivity index (χ0n) is 11.5. The Morgan fingerprint density at radius 2 is 1.62 bits per heavy atom. The smallest absolute Gasteiger partial charge is 0.403 e. The van der Waals surface area contributed by atoms with Crippen molar-refractivity contribution in [3.63, 3.8) is 0 Å². The molecule has 0 N–H and O–H groups in total. The SMILES string of the molecule is C/C=C/[C@@H](CCC)B1OC(C)(C)C(C)(C)O1. The third kappa shape index (κ3) is 2.69. The molecule has 0 radical (unpaired) electrons. The average Bonchev–Trinajstić information content (AvgIpc) is 2.36. The fourth-order valence-corrected chi connectivity index (χ4v) is 1.97. The first-order valence-electron chi connectivity index (χ1n) is 6.32. The van der Waals surface area contributed by atoms with Crippen LogP contribution in [-0.2, 0) is 9.31 Å². The molecule has 0 aliphatic carbocycles. The molecule has 0 amide bonds. The van der Waals surface area contributed by atoms with Crippen LogP contribution in [0, 0.1) is 0 Å². The summed E-state index contributed by atoms with van der Waals surface area (Å²) >= 11 is 0. The van der Waals surface area contributed by atoms with Crippen LogP contribution in [0.5, 0.6) is 0 Å². The number of hydrogen-bond donors (Lipinski definition) is 0. The van der Waals surface area contributed by atoms with Crippen LogP contribution >= 0.6 is 0 Å². The van der Waals surface area contributed by atoms with Gasteiger partial charge in [-0.2, -0.15) is 0 Å². The minimum absolute atomic E-state index is 0.0962. The molecular weight excluding hydrogens is 199 g/mol. The molecule has 0 spiro atoms. The molecule has 0 bridgehead atoms. The molecule has 1 saturated heterocycles. The van der Waals surface area contributed by atoms with Crippen molar-refractivity contribution in [3.05, 3.63) is 12.2 Å². The maximum absolute atomic E-state index is 6.06. The standard InChI is InChI=1S/C13H25BO2/c1-7-9-11(10-8-2)14-15-12(3,4)13(5,6)16-14/h7,9,11H,8,10H2,1-6H3/b9-7+/t11-/m0/s1. The second-order valence-electron chi connectivity index (χ2n) is 5.60. The minimum atomic E-state index is -0.217. The van der Waals surface area contributed by atoms with Gasteiger partial charge in [0.25, 0.3) is 0 Å². The normalized spacial score (nSPS) is 25.2. The first-order chi connectivity index (χ1) is 7.34. The van der Waals surface area contributed by atoms with Crippen LogP contribution in [0.3, 0.4) is 0 Å². The quantitative estimate of drug-likeness (QED) is 0.533. The van der Waals surface area contributed by atoms with Crippen LogP contribution < -0.4 is 0 Å². The number of allylic oxidation sites excluding steroid dienone is 2. The average molecular weight is 224 g/mol. The molecule has 1 atom stereocenters. The maximum atomic E-state index is 6.06. The Morgan fingerprint density at radius 1 is 1.12 bits per heavy atom. The molecule has 0 aromatic carbocycles. The highest BCUT2D eigenvalue weighted by Gasteiger charge is 2.52. The van der Waals surface area contributed by atoms with E-state index in [0.29, 0.717) is 5.82 Å².